The van der Waals surface area contributed by atoms with Gasteiger partial charge in [0, 0.05) is 6.54 Å². The molecule has 0 amide bonds. The smallest absolute Gasteiger partial charge is 0.306 e. The molecule has 1 spiro atoms. The van der Waals surface area contributed by atoms with E-state index < -0.39 is 5.97 Å². The third-order valence-corrected chi connectivity index (χ3v) is 3.48. The predicted octanol–water partition coefficient (Wildman–Crippen LogP) is 1.72. The molecule has 3 heteroatoms. The van der Waals surface area contributed by atoms with Crippen LogP contribution in [-0.4, -0.2) is 23.8 Å². The van der Waals surface area contributed by atoms with Gasteiger partial charge < -0.3 is 5.11 Å². The van der Waals surface area contributed by atoms with E-state index in [9.17, 15) is 4.79 Å². The van der Waals surface area contributed by atoms with Crippen molar-refractivity contribution >= 4 is 12.2 Å². The van der Waals surface area contributed by atoms with Crippen molar-refractivity contribution in [2.24, 2.45) is 16.3 Å². The number of hydrogen-bond acceptors (Lipinski definition) is 2. The molecule has 1 heterocycles. The molecule has 0 saturated heterocycles. The number of carboxylic acid groups (broad SMARTS) is 1. The van der Waals surface area contributed by atoms with Crippen molar-refractivity contribution in [3.05, 3.63) is 0 Å². The first kappa shape index (κ1) is 8.73. The molecule has 0 aromatic rings. The zero-order valence-electron chi connectivity index (χ0n) is 7.70. The third kappa shape index (κ3) is 1.60. The fraction of sp³-hybridized carbons (Fsp3) is 0.800. The van der Waals surface area contributed by atoms with Crippen LogP contribution in [0.2, 0.25) is 0 Å². The Morgan fingerprint density at radius 2 is 2.15 bits per heavy atom. The van der Waals surface area contributed by atoms with Crippen LogP contribution in [0.4, 0.5) is 0 Å². The fourth-order valence-corrected chi connectivity index (χ4v) is 2.42. The molecule has 2 rings (SSSR count). The van der Waals surface area contributed by atoms with Gasteiger partial charge in [-0.05, 0) is 43.7 Å². The Balaban J connectivity index is 1.92. The monoisotopic (exact) mass is 181 g/mol. The van der Waals surface area contributed by atoms with Crippen LogP contribution in [0.1, 0.15) is 32.1 Å². The van der Waals surface area contributed by atoms with Gasteiger partial charge in [-0.15, -0.1) is 0 Å². The standard InChI is InChI=1S/C10H15NO2/c12-9(13)8-1-3-10(4-2-8)5-6-11-7-10/h6,8H,1-5,7H2,(H,12,13). The zero-order chi connectivity index (χ0) is 9.31. The SMILES string of the molecule is O=C(O)C1CCC2(CC=NC2)CC1. The maximum atomic E-state index is 10.7. The Morgan fingerprint density at radius 3 is 2.62 bits per heavy atom. The largest absolute Gasteiger partial charge is 0.481 e. The van der Waals surface area contributed by atoms with Gasteiger partial charge in [-0.2, -0.15) is 0 Å². The molecule has 72 valence electrons. The van der Waals surface area contributed by atoms with Gasteiger partial charge in [0.25, 0.3) is 0 Å². The summed E-state index contributed by atoms with van der Waals surface area (Å²) in [7, 11) is 0. The minimum absolute atomic E-state index is 0.0915. The van der Waals surface area contributed by atoms with Crippen LogP contribution in [0.15, 0.2) is 4.99 Å². The third-order valence-electron chi connectivity index (χ3n) is 3.48. The van der Waals surface area contributed by atoms with Crippen molar-refractivity contribution in [3.63, 3.8) is 0 Å². The Bertz CT molecular complexity index is 229. The lowest BCUT2D eigenvalue weighted by Crippen LogP contribution is -2.30. The summed E-state index contributed by atoms with van der Waals surface area (Å²) in [6, 6.07) is 0. The second-order valence-corrected chi connectivity index (χ2v) is 4.34. The molecule has 1 fully saturated rings. The van der Waals surface area contributed by atoms with Gasteiger partial charge >= 0.3 is 5.97 Å². The van der Waals surface area contributed by atoms with E-state index in [1.54, 1.807) is 0 Å². The lowest BCUT2D eigenvalue weighted by molar-refractivity contribution is -0.143. The highest BCUT2D eigenvalue weighted by Crippen LogP contribution is 2.43. The van der Waals surface area contributed by atoms with Crippen LogP contribution in [0.25, 0.3) is 0 Å². The Kier molecular flexibility index (Phi) is 2.10. The van der Waals surface area contributed by atoms with Crippen molar-refractivity contribution < 1.29 is 9.90 Å². The highest BCUT2D eigenvalue weighted by molar-refractivity contribution is 5.70. The van der Waals surface area contributed by atoms with Crippen molar-refractivity contribution in [2.45, 2.75) is 32.1 Å². The number of nitrogens with zero attached hydrogens (tertiary/aromatic N) is 1. The predicted molar refractivity (Wildman–Crippen MR) is 50.0 cm³/mol. The highest BCUT2D eigenvalue weighted by Gasteiger charge is 2.38. The normalized spacial score (nSPS) is 38.3. The average Bonchev–Trinajstić information content (AvgIpc) is 2.54. The van der Waals surface area contributed by atoms with Gasteiger partial charge in [-0.25, -0.2) is 0 Å². The van der Waals surface area contributed by atoms with Crippen molar-refractivity contribution in [2.75, 3.05) is 6.54 Å². The summed E-state index contributed by atoms with van der Waals surface area (Å²) in [5.74, 6) is -0.708. The molecule has 0 unspecified atom stereocenters. The molecule has 1 aliphatic heterocycles. The number of carbonyl (C=O) groups is 1. The minimum Gasteiger partial charge on any atom is -0.481 e. The molecular weight excluding hydrogens is 166 g/mol. The molecule has 13 heavy (non-hydrogen) atoms. The van der Waals surface area contributed by atoms with Crippen LogP contribution in [0.3, 0.4) is 0 Å². The fourth-order valence-electron chi connectivity index (χ4n) is 2.42. The van der Waals surface area contributed by atoms with Gasteiger partial charge in [0.2, 0.25) is 0 Å². The summed E-state index contributed by atoms with van der Waals surface area (Å²) >= 11 is 0. The molecule has 0 aromatic heterocycles. The first-order chi connectivity index (χ1) is 6.22. The summed E-state index contributed by atoms with van der Waals surface area (Å²) in [6.45, 7) is 0.930. The number of aliphatic carboxylic acids is 1. The second-order valence-electron chi connectivity index (χ2n) is 4.34. The molecule has 1 aliphatic carbocycles. The summed E-state index contributed by atoms with van der Waals surface area (Å²) < 4.78 is 0. The number of rotatable bonds is 1. The van der Waals surface area contributed by atoms with E-state index in [-0.39, 0.29) is 5.92 Å². The molecule has 2 aliphatic rings. The maximum absolute atomic E-state index is 10.7. The van der Waals surface area contributed by atoms with E-state index in [2.05, 4.69) is 4.99 Å². The lowest BCUT2D eigenvalue weighted by atomic mass is 9.70. The quantitative estimate of drug-likeness (QED) is 0.669. The maximum Gasteiger partial charge on any atom is 0.306 e. The van der Waals surface area contributed by atoms with E-state index in [1.807, 2.05) is 6.21 Å². The van der Waals surface area contributed by atoms with E-state index >= 15 is 0 Å². The summed E-state index contributed by atoms with van der Waals surface area (Å²) in [6.07, 6.45) is 6.85. The van der Waals surface area contributed by atoms with E-state index in [0.29, 0.717) is 5.41 Å². The van der Waals surface area contributed by atoms with E-state index in [1.165, 1.54) is 0 Å². The van der Waals surface area contributed by atoms with Gasteiger partial charge in [0.1, 0.15) is 0 Å². The summed E-state index contributed by atoms with van der Waals surface area (Å²) in [5.41, 5.74) is 0.353. The van der Waals surface area contributed by atoms with Crippen LogP contribution < -0.4 is 0 Å². The minimum atomic E-state index is -0.617. The average molecular weight is 181 g/mol. The summed E-state index contributed by atoms with van der Waals surface area (Å²) in [5, 5.41) is 8.84. The van der Waals surface area contributed by atoms with E-state index in [0.717, 1.165) is 38.6 Å². The molecule has 1 saturated carbocycles. The Labute approximate surface area is 77.9 Å². The topological polar surface area (TPSA) is 49.7 Å². The Hall–Kier alpha value is -0.860. The van der Waals surface area contributed by atoms with Crippen LogP contribution in [0.5, 0.6) is 0 Å². The van der Waals surface area contributed by atoms with Crippen LogP contribution in [0, 0.1) is 11.3 Å². The number of carboxylic acids is 1. The van der Waals surface area contributed by atoms with Crippen molar-refractivity contribution in [1.29, 1.82) is 0 Å². The first-order valence-corrected chi connectivity index (χ1v) is 4.93. The Morgan fingerprint density at radius 1 is 1.46 bits per heavy atom. The number of aliphatic imine (C=N–C) groups is 1. The van der Waals surface area contributed by atoms with Crippen molar-refractivity contribution in [3.8, 4) is 0 Å². The molecule has 1 N–H and O–H groups in total. The van der Waals surface area contributed by atoms with Crippen LogP contribution in [-0.2, 0) is 4.79 Å². The second kappa shape index (κ2) is 3.13. The molecule has 3 nitrogen and oxygen atoms in total. The van der Waals surface area contributed by atoms with Gasteiger partial charge in [0.15, 0.2) is 0 Å². The van der Waals surface area contributed by atoms with Gasteiger partial charge in [0.05, 0.1) is 5.92 Å². The highest BCUT2D eigenvalue weighted by atomic mass is 16.4. The van der Waals surface area contributed by atoms with E-state index in [4.69, 9.17) is 5.11 Å². The van der Waals surface area contributed by atoms with Gasteiger partial charge in [-0.3, -0.25) is 9.79 Å². The molecule has 0 bridgehead atoms. The zero-order valence-corrected chi connectivity index (χ0v) is 7.70. The molecule has 0 atom stereocenters. The number of hydrogen-bond donors (Lipinski definition) is 1. The molecular formula is C10H15NO2. The molecule has 0 radical (unpaired) electrons. The first-order valence-electron chi connectivity index (χ1n) is 4.93. The van der Waals surface area contributed by atoms with Gasteiger partial charge in [-0.1, -0.05) is 0 Å². The van der Waals surface area contributed by atoms with Crippen LogP contribution >= 0.6 is 0 Å². The lowest BCUT2D eigenvalue weighted by Gasteiger charge is -2.34. The summed E-state index contributed by atoms with van der Waals surface area (Å²) in [4.78, 5) is 15.0. The van der Waals surface area contributed by atoms with Crippen molar-refractivity contribution in [1.82, 2.24) is 0 Å². The molecule has 0 aromatic carbocycles.